The van der Waals surface area contributed by atoms with Gasteiger partial charge in [-0.2, -0.15) is 0 Å². The van der Waals surface area contributed by atoms with Crippen molar-refractivity contribution in [2.75, 3.05) is 16.4 Å². The maximum Gasteiger partial charge on any atom is 0.272 e. The van der Waals surface area contributed by atoms with Crippen LogP contribution in [0.15, 0.2) is 112 Å². The summed E-state index contributed by atoms with van der Waals surface area (Å²) in [6, 6.07) is 26.8. The van der Waals surface area contributed by atoms with Gasteiger partial charge in [0.1, 0.15) is 11.5 Å². The van der Waals surface area contributed by atoms with Gasteiger partial charge in [0, 0.05) is 25.6 Å². The Kier molecular flexibility index (Phi) is 10.1. The molecule has 0 heterocycles. The quantitative estimate of drug-likeness (QED) is 0.132. The Morgan fingerprint density at radius 2 is 1.57 bits per heavy atom. The molecule has 6 nitrogen and oxygen atoms in total. The number of nitrogens with one attached hydrogen (secondary N) is 3. The van der Waals surface area contributed by atoms with E-state index in [-0.39, 0.29) is 23.0 Å². The molecule has 4 aromatic rings. The van der Waals surface area contributed by atoms with Crippen LogP contribution < -0.4 is 16.0 Å². The van der Waals surface area contributed by atoms with Crippen LogP contribution in [0.3, 0.4) is 0 Å². The van der Waals surface area contributed by atoms with E-state index in [1.165, 1.54) is 30.0 Å². The zero-order chi connectivity index (χ0) is 28.5. The monoisotopic (exact) mass is 637 g/mol. The van der Waals surface area contributed by atoms with Crippen molar-refractivity contribution in [3.63, 3.8) is 0 Å². The van der Waals surface area contributed by atoms with Crippen LogP contribution in [0.4, 0.5) is 15.8 Å². The Hall–Kier alpha value is -3.92. The first kappa shape index (κ1) is 29.1. The molecule has 4 rings (SSSR count). The van der Waals surface area contributed by atoms with E-state index in [1.807, 2.05) is 0 Å². The molecule has 0 bridgehead atoms. The lowest BCUT2D eigenvalue weighted by Gasteiger charge is -2.12. The van der Waals surface area contributed by atoms with Crippen molar-refractivity contribution in [3.8, 4) is 0 Å². The lowest BCUT2D eigenvalue weighted by molar-refractivity contribution is -0.114. The van der Waals surface area contributed by atoms with E-state index < -0.39 is 17.6 Å². The Morgan fingerprint density at radius 3 is 2.27 bits per heavy atom. The second-order valence-corrected chi connectivity index (χ2v) is 10.7. The topological polar surface area (TPSA) is 87.3 Å². The molecule has 0 aliphatic carbocycles. The van der Waals surface area contributed by atoms with Gasteiger partial charge in [-0.1, -0.05) is 63.9 Å². The van der Waals surface area contributed by atoms with E-state index in [2.05, 4.69) is 31.9 Å². The smallest absolute Gasteiger partial charge is 0.272 e. The average molecular weight is 639 g/mol. The Morgan fingerprint density at radius 1 is 0.875 bits per heavy atom. The van der Waals surface area contributed by atoms with Crippen molar-refractivity contribution in [2.45, 2.75) is 4.90 Å². The van der Waals surface area contributed by atoms with Crippen molar-refractivity contribution >= 4 is 74.5 Å². The highest BCUT2D eigenvalue weighted by molar-refractivity contribution is 9.10. The van der Waals surface area contributed by atoms with Crippen LogP contribution in [-0.2, 0) is 9.59 Å². The lowest BCUT2D eigenvalue weighted by Crippen LogP contribution is -2.30. The molecule has 0 saturated carbocycles. The summed E-state index contributed by atoms with van der Waals surface area (Å²) in [5.74, 6) is -1.80. The van der Waals surface area contributed by atoms with Gasteiger partial charge in [0.05, 0.1) is 11.4 Å². The van der Waals surface area contributed by atoms with E-state index in [4.69, 9.17) is 11.6 Å². The largest absolute Gasteiger partial charge is 0.323 e. The van der Waals surface area contributed by atoms with E-state index in [9.17, 15) is 18.8 Å². The number of halogens is 3. The second kappa shape index (κ2) is 13.9. The molecule has 4 aromatic carbocycles. The van der Waals surface area contributed by atoms with Crippen LogP contribution in [0.25, 0.3) is 6.08 Å². The SMILES string of the molecule is O=C(CSc1ccc(NC(=O)/C(=C/c2ccccc2Cl)NC(=O)c2ccccc2)cc1)Nc1ccc(Br)cc1F. The van der Waals surface area contributed by atoms with Gasteiger partial charge in [0.2, 0.25) is 5.91 Å². The highest BCUT2D eigenvalue weighted by Crippen LogP contribution is 2.23. The van der Waals surface area contributed by atoms with E-state index in [0.29, 0.717) is 26.3 Å². The molecule has 3 amide bonds. The van der Waals surface area contributed by atoms with Gasteiger partial charge in [-0.3, -0.25) is 14.4 Å². The Bertz CT molecular complexity index is 1570. The first-order valence-corrected chi connectivity index (χ1v) is 14.1. The second-order valence-electron chi connectivity index (χ2n) is 8.34. The van der Waals surface area contributed by atoms with Gasteiger partial charge < -0.3 is 16.0 Å². The van der Waals surface area contributed by atoms with Gasteiger partial charge in [0.15, 0.2) is 0 Å². The number of hydrogen-bond acceptors (Lipinski definition) is 4. The Labute approximate surface area is 248 Å². The van der Waals surface area contributed by atoms with Crippen LogP contribution in [0.2, 0.25) is 5.02 Å². The lowest BCUT2D eigenvalue weighted by atomic mass is 10.1. The van der Waals surface area contributed by atoms with Gasteiger partial charge >= 0.3 is 0 Å². The van der Waals surface area contributed by atoms with E-state index in [0.717, 1.165) is 4.90 Å². The van der Waals surface area contributed by atoms with Gasteiger partial charge in [0.25, 0.3) is 11.8 Å². The minimum atomic E-state index is -0.541. The van der Waals surface area contributed by atoms with E-state index in [1.54, 1.807) is 84.9 Å². The molecule has 0 spiro atoms. The fourth-order valence-electron chi connectivity index (χ4n) is 3.45. The van der Waals surface area contributed by atoms with Crippen LogP contribution in [-0.4, -0.2) is 23.5 Å². The highest BCUT2D eigenvalue weighted by atomic mass is 79.9. The first-order valence-electron chi connectivity index (χ1n) is 11.9. The van der Waals surface area contributed by atoms with Crippen LogP contribution >= 0.6 is 39.3 Å². The van der Waals surface area contributed by atoms with Crippen molar-refractivity contribution in [1.82, 2.24) is 5.32 Å². The molecule has 3 N–H and O–H groups in total. The van der Waals surface area contributed by atoms with Gasteiger partial charge in [-0.25, -0.2) is 4.39 Å². The fourth-order valence-corrected chi connectivity index (χ4v) is 4.67. The van der Waals surface area contributed by atoms with Crippen molar-refractivity contribution in [3.05, 3.63) is 129 Å². The van der Waals surface area contributed by atoms with Crippen molar-refractivity contribution in [1.29, 1.82) is 0 Å². The number of amides is 3. The summed E-state index contributed by atoms with van der Waals surface area (Å²) >= 11 is 10.7. The standard InChI is InChI=1S/C30H22BrClFN3O3S/c31-21-10-15-26(25(33)17-21)35-28(37)18-40-23-13-11-22(12-14-23)34-30(39)27(16-20-8-4-5-9-24(20)32)36-29(38)19-6-2-1-3-7-19/h1-17H,18H2,(H,34,39)(H,35,37)(H,36,38)/b27-16-. The van der Waals surface area contributed by atoms with Crippen LogP contribution in [0.1, 0.15) is 15.9 Å². The number of rotatable bonds is 9. The van der Waals surface area contributed by atoms with Crippen molar-refractivity contribution < 1.29 is 18.8 Å². The number of anilines is 2. The summed E-state index contributed by atoms with van der Waals surface area (Å²) < 4.78 is 14.5. The van der Waals surface area contributed by atoms with Crippen molar-refractivity contribution in [2.24, 2.45) is 0 Å². The van der Waals surface area contributed by atoms with Gasteiger partial charge in [-0.05, 0) is 72.3 Å². The summed E-state index contributed by atoms with van der Waals surface area (Å²) in [7, 11) is 0. The third-order valence-corrected chi connectivity index (χ3v) is 7.27. The molecule has 0 aliphatic rings. The highest BCUT2D eigenvalue weighted by Gasteiger charge is 2.16. The normalized spacial score (nSPS) is 11.0. The third kappa shape index (κ3) is 8.29. The van der Waals surface area contributed by atoms with Crippen LogP contribution in [0.5, 0.6) is 0 Å². The molecule has 0 aliphatic heterocycles. The molecule has 0 saturated heterocycles. The summed E-state index contributed by atoms with van der Waals surface area (Å²) in [6.45, 7) is 0. The number of carbonyl (C=O) groups is 3. The minimum absolute atomic E-state index is 0.0113. The molecule has 0 aromatic heterocycles. The number of thioether (sulfide) groups is 1. The third-order valence-electron chi connectivity index (χ3n) is 5.42. The van der Waals surface area contributed by atoms with Crippen LogP contribution in [0, 0.1) is 5.82 Å². The number of carbonyl (C=O) groups excluding carboxylic acids is 3. The Balaban J connectivity index is 1.41. The number of hydrogen-bond donors (Lipinski definition) is 3. The predicted octanol–water partition coefficient (Wildman–Crippen LogP) is 7.38. The molecular formula is C30H22BrClFN3O3S. The summed E-state index contributed by atoms with van der Waals surface area (Å²) in [5, 5.41) is 8.42. The fraction of sp³-hybridized carbons (Fsp3) is 0.0333. The zero-order valence-corrected chi connectivity index (χ0v) is 23.9. The summed E-state index contributed by atoms with van der Waals surface area (Å²) in [4.78, 5) is 39.0. The molecule has 202 valence electrons. The summed E-state index contributed by atoms with van der Waals surface area (Å²) in [6.07, 6.45) is 1.51. The predicted molar refractivity (Wildman–Crippen MR) is 162 cm³/mol. The molecular weight excluding hydrogens is 617 g/mol. The maximum absolute atomic E-state index is 14.0. The first-order chi connectivity index (χ1) is 19.3. The summed E-state index contributed by atoms with van der Waals surface area (Å²) in [5.41, 5.74) is 1.56. The molecule has 0 fully saturated rings. The van der Waals surface area contributed by atoms with E-state index >= 15 is 0 Å². The molecule has 40 heavy (non-hydrogen) atoms. The molecule has 10 heteroatoms. The molecule has 0 radical (unpaired) electrons. The maximum atomic E-state index is 14.0. The minimum Gasteiger partial charge on any atom is -0.323 e. The average Bonchev–Trinajstić information content (AvgIpc) is 2.95. The molecule has 0 atom stereocenters. The molecule has 0 unspecified atom stereocenters. The van der Waals surface area contributed by atoms with Gasteiger partial charge in [-0.15, -0.1) is 11.8 Å². The number of benzene rings is 4. The zero-order valence-electron chi connectivity index (χ0n) is 20.8.